The van der Waals surface area contributed by atoms with Crippen molar-refractivity contribution in [3.8, 4) is 5.69 Å². The molecule has 6 nitrogen and oxygen atoms in total. The number of aromatic nitrogens is 1. The van der Waals surface area contributed by atoms with E-state index in [0.717, 1.165) is 34.1 Å². The summed E-state index contributed by atoms with van der Waals surface area (Å²) in [6.45, 7) is 10.3. The highest BCUT2D eigenvalue weighted by molar-refractivity contribution is 8.26. The summed E-state index contributed by atoms with van der Waals surface area (Å²) in [4.78, 5) is 16.8. The van der Waals surface area contributed by atoms with Gasteiger partial charge in [-0.2, -0.15) is 15.1 Å². The zero-order chi connectivity index (χ0) is 20.9. The fraction of sp³-hybridized carbons (Fsp3) is 0.273. The Morgan fingerprint density at radius 2 is 1.86 bits per heavy atom. The molecule has 2 aliphatic heterocycles. The SMILES string of the molecule is CCC1=NN2C(=N)/C(=C/c3cc(C)n(-c4c(C)cccc4C)c3C)C(=O)N=C2S1. The first kappa shape index (κ1) is 19.4. The molecular weight excluding hydrogens is 382 g/mol. The van der Waals surface area contributed by atoms with Crippen LogP contribution in [0.5, 0.6) is 0 Å². The average Bonchev–Trinajstić information content (AvgIpc) is 3.20. The standard InChI is InChI=1S/C22H23N5OS/c1-6-18-25-27-20(23)17(21(28)24-22(27)29-18)11-16-10-14(4)26(15(16)5)19-12(2)8-7-9-13(19)3/h7-11,23H,6H2,1-5H3/b17-11-,23-20?. The van der Waals surface area contributed by atoms with E-state index in [2.05, 4.69) is 53.6 Å². The number of benzene rings is 1. The summed E-state index contributed by atoms with van der Waals surface area (Å²) in [5.74, 6) is -0.314. The number of fused-ring (bicyclic) bond motifs is 1. The molecule has 2 aromatic rings. The molecule has 0 bridgehead atoms. The first-order chi connectivity index (χ1) is 13.8. The lowest BCUT2D eigenvalue weighted by Crippen LogP contribution is -2.35. The Kier molecular flexibility index (Phi) is 4.78. The van der Waals surface area contributed by atoms with E-state index in [0.29, 0.717) is 5.17 Å². The molecule has 2 aliphatic rings. The molecular formula is C22H23N5OS. The van der Waals surface area contributed by atoms with Crippen molar-refractivity contribution in [2.75, 3.05) is 0 Å². The smallest absolute Gasteiger partial charge is 0.283 e. The minimum absolute atomic E-state index is 0.0767. The van der Waals surface area contributed by atoms with Gasteiger partial charge in [-0.3, -0.25) is 10.2 Å². The minimum atomic E-state index is -0.391. The van der Waals surface area contributed by atoms with Crippen LogP contribution in [0.25, 0.3) is 11.8 Å². The predicted molar refractivity (Wildman–Crippen MR) is 120 cm³/mol. The van der Waals surface area contributed by atoms with Gasteiger partial charge in [0.2, 0.25) is 5.17 Å². The monoisotopic (exact) mass is 405 g/mol. The minimum Gasteiger partial charge on any atom is -0.317 e. The second kappa shape index (κ2) is 7.15. The molecule has 0 saturated heterocycles. The molecule has 148 valence electrons. The molecule has 1 aromatic heterocycles. The number of amides is 1. The van der Waals surface area contributed by atoms with Crippen molar-refractivity contribution >= 4 is 39.8 Å². The fourth-order valence-electron chi connectivity index (χ4n) is 3.77. The lowest BCUT2D eigenvalue weighted by Gasteiger charge is -2.20. The van der Waals surface area contributed by atoms with Crippen LogP contribution >= 0.6 is 11.8 Å². The molecule has 3 heterocycles. The van der Waals surface area contributed by atoms with Crippen molar-refractivity contribution in [2.24, 2.45) is 10.1 Å². The highest BCUT2D eigenvalue weighted by Gasteiger charge is 2.35. The fourth-order valence-corrected chi connectivity index (χ4v) is 4.59. The van der Waals surface area contributed by atoms with Gasteiger partial charge in [0, 0.05) is 11.4 Å². The Labute approximate surface area is 174 Å². The van der Waals surface area contributed by atoms with Crippen molar-refractivity contribution in [1.82, 2.24) is 9.58 Å². The predicted octanol–water partition coefficient (Wildman–Crippen LogP) is 4.74. The summed E-state index contributed by atoms with van der Waals surface area (Å²) in [5.41, 5.74) is 6.81. The summed E-state index contributed by atoms with van der Waals surface area (Å²) in [7, 11) is 0. The number of aliphatic imine (C=N–C) groups is 1. The van der Waals surface area contributed by atoms with Gasteiger partial charge in [0.1, 0.15) is 5.04 Å². The summed E-state index contributed by atoms with van der Waals surface area (Å²) >= 11 is 1.35. The van der Waals surface area contributed by atoms with E-state index >= 15 is 0 Å². The number of rotatable bonds is 3. The van der Waals surface area contributed by atoms with Crippen LogP contribution in [0.4, 0.5) is 0 Å². The van der Waals surface area contributed by atoms with Crippen molar-refractivity contribution < 1.29 is 4.79 Å². The number of nitrogens with one attached hydrogen (secondary N) is 1. The van der Waals surface area contributed by atoms with Gasteiger partial charge in [-0.25, -0.2) is 0 Å². The Morgan fingerprint density at radius 3 is 2.52 bits per heavy atom. The lowest BCUT2D eigenvalue weighted by molar-refractivity contribution is -0.114. The zero-order valence-corrected chi connectivity index (χ0v) is 18.0. The molecule has 0 spiro atoms. The number of nitrogens with zero attached hydrogens (tertiary/aromatic N) is 4. The van der Waals surface area contributed by atoms with Gasteiger partial charge in [-0.1, -0.05) is 25.1 Å². The van der Waals surface area contributed by atoms with Crippen LogP contribution in [0.2, 0.25) is 0 Å². The molecule has 1 amide bonds. The van der Waals surface area contributed by atoms with Crippen molar-refractivity contribution in [3.63, 3.8) is 0 Å². The molecule has 7 heteroatoms. The van der Waals surface area contributed by atoms with Crippen molar-refractivity contribution in [2.45, 2.75) is 41.0 Å². The number of hydrogen-bond acceptors (Lipinski definition) is 4. The van der Waals surface area contributed by atoms with E-state index in [1.54, 1.807) is 6.08 Å². The van der Waals surface area contributed by atoms with Gasteiger partial charge in [0.05, 0.1) is 11.3 Å². The molecule has 0 unspecified atom stereocenters. The average molecular weight is 406 g/mol. The number of hydrazone groups is 1. The van der Waals surface area contributed by atoms with Gasteiger partial charge in [-0.05, 0) is 74.7 Å². The van der Waals surface area contributed by atoms with Crippen LogP contribution in [0.1, 0.15) is 41.4 Å². The molecule has 0 fully saturated rings. The van der Waals surface area contributed by atoms with Gasteiger partial charge in [0.25, 0.3) is 5.91 Å². The van der Waals surface area contributed by atoms with Gasteiger partial charge in [0.15, 0.2) is 5.84 Å². The van der Waals surface area contributed by atoms with Crippen LogP contribution < -0.4 is 0 Å². The third kappa shape index (κ3) is 3.15. The topological polar surface area (TPSA) is 73.8 Å². The first-order valence-corrected chi connectivity index (χ1v) is 10.4. The molecule has 29 heavy (non-hydrogen) atoms. The number of amidine groups is 2. The first-order valence-electron chi connectivity index (χ1n) is 9.56. The van der Waals surface area contributed by atoms with Gasteiger partial charge in [-0.15, -0.1) is 0 Å². The van der Waals surface area contributed by atoms with E-state index in [4.69, 9.17) is 5.41 Å². The maximum absolute atomic E-state index is 12.6. The summed E-state index contributed by atoms with van der Waals surface area (Å²) < 4.78 is 2.21. The Hall–Kier alpha value is -2.93. The molecule has 0 aliphatic carbocycles. The van der Waals surface area contributed by atoms with E-state index in [-0.39, 0.29) is 11.4 Å². The Bertz CT molecular complexity index is 1130. The quantitative estimate of drug-likeness (QED) is 0.750. The van der Waals surface area contributed by atoms with Crippen LogP contribution in [-0.4, -0.2) is 31.5 Å². The Balaban J connectivity index is 1.80. The molecule has 1 aromatic carbocycles. The molecule has 1 N–H and O–H groups in total. The summed E-state index contributed by atoms with van der Waals surface area (Å²) in [5, 5.41) is 15.7. The van der Waals surface area contributed by atoms with E-state index in [1.807, 2.05) is 19.9 Å². The van der Waals surface area contributed by atoms with Crippen LogP contribution in [0, 0.1) is 33.1 Å². The van der Waals surface area contributed by atoms with Gasteiger partial charge >= 0.3 is 0 Å². The number of para-hydroxylation sites is 1. The third-order valence-corrected chi connectivity index (χ3v) is 6.28. The molecule has 0 saturated carbocycles. The van der Waals surface area contributed by atoms with Crippen LogP contribution in [-0.2, 0) is 4.79 Å². The molecule has 0 radical (unpaired) electrons. The zero-order valence-electron chi connectivity index (χ0n) is 17.2. The largest absolute Gasteiger partial charge is 0.317 e. The maximum Gasteiger partial charge on any atom is 0.283 e. The van der Waals surface area contributed by atoms with E-state index in [1.165, 1.54) is 27.9 Å². The second-order valence-electron chi connectivity index (χ2n) is 7.27. The highest BCUT2D eigenvalue weighted by atomic mass is 32.2. The number of carbonyl (C=O) groups is 1. The number of carbonyl (C=O) groups excluding carboxylic acids is 1. The number of aryl methyl sites for hydroxylation is 3. The number of thioether (sulfide) groups is 1. The van der Waals surface area contributed by atoms with Crippen LogP contribution in [0.3, 0.4) is 0 Å². The van der Waals surface area contributed by atoms with E-state index in [9.17, 15) is 4.79 Å². The lowest BCUT2D eigenvalue weighted by atomic mass is 10.1. The maximum atomic E-state index is 12.6. The van der Waals surface area contributed by atoms with E-state index < -0.39 is 5.91 Å². The van der Waals surface area contributed by atoms with Gasteiger partial charge < -0.3 is 4.57 Å². The van der Waals surface area contributed by atoms with Crippen LogP contribution in [0.15, 0.2) is 39.9 Å². The molecule has 0 atom stereocenters. The summed E-state index contributed by atoms with van der Waals surface area (Å²) in [6.07, 6.45) is 2.51. The Morgan fingerprint density at radius 1 is 1.17 bits per heavy atom. The van der Waals surface area contributed by atoms with Crippen molar-refractivity contribution in [3.05, 3.63) is 57.9 Å². The number of hydrogen-bond donors (Lipinski definition) is 1. The highest BCUT2D eigenvalue weighted by Crippen LogP contribution is 2.31. The normalized spacial score (nSPS) is 17.7. The van der Waals surface area contributed by atoms with Crippen molar-refractivity contribution in [1.29, 1.82) is 5.41 Å². The summed E-state index contributed by atoms with van der Waals surface area (Å²) in [6, 6.07) is 8.31. The third-order valence-electron chi connectivity index (χ3n) is 5.23. The second-order valence-corrected chi connectivity index (χ2v) is 8.31. The molecule has 4 rings (SSSR count).